The van der Waals surface area contributed by atoms with Crippen LogP contribution in [0.15, 0.2) is 53.4 Å². The van der Waals surface area contributed by atoms with Gasteiger partial charge >= 0.3 is 0 Å². The monoisotopic (exact) mass is 342 g/mol. The van der Waals surface area contributed by atoms with Crippen LogP contribution in [0.25, 0.3) is 16.1 Å². The van der Waals surface area contributed by atoms with Crippen molar-refractivity contribution in [3.8, 4) is 11.4 Å². The molecule has 24 heavy (non-hydrogen) atoms. The summed E-state index contributed by atoms with van der Waals surface area (Å²) < 4.78 is 28.8. The second-order valence-corrected chi connectivity index (χ2v) is 6.85. The van der Waals surface area contributed by atoms with Crippen LogP contribution in [0.5, 0.6) is 0 Å². The number of rotatable bonds is 6. The molecule has 8 heteroatoms. The number of aromatic amines is 1. The summed E-state index contributed by atoms with van der Waals surface area (Å²) in [6, 6.07) is 13.5. The molecule has 7 nitrogen and oxygen atoms in total. The zero-order chi connectivity index (χ0) is 17.0. The second-order valence-electron chi connectivity index (χ2n) is 5.25. The molecule has 3 aromatic rings. The lowest BCUT2D eigenvalue weighted by atomic mass is 10.1. The van der Waals surface area contributed by atoms with Crippen molar-refractivity contribution < 1.29 is 8.42 Å². The maximum Gasteiger partial charge on any atom is 0.204 e. The van der Waals surface area contributed by atoms with E-state index in [2.05, 4.69) is 32.3 Å². The Hall–Kier alpha value is -2.74. The van der Waals surface area contributed by atoms with Crippen LogP contribution < -0.4 is 0 Å². The molecule has 0 radical (unpaired) electrons. The first-order valence-corrected chi connectivity index (χ1v) is 8.93. The number of tetrazole rings is 1. The van der Waals surface area contributed by atoms with Crippen molar-refractivity contribution in [3.63, 3.8) is 0 Å². The molecule has 0 saturated carbocycles. The third-order valence-corrected chi connectivity index (χ3v) is 4.75. The number of sulfonamides is 1. The van der Waals surface area contributed by atoms with Crippen molar-refractivity contribution in [3.05, 3.63) is 58.8 Å². The van der Waals surface area contributed by atoms with Crippen LogP contribution in [0, 0.1) is 0 Å². The highest BCUT2D eigenvalue weighted by atomic mass is 32.2. The van der Waals surface area contributed by atoms with Crippen LogP contribution in [0.1, 0.15) is 18.9 Å². The van der Waals surface area contributed by atoms with Crippen molar-refractivity contribution in [1.82, 2.24) is 20.6 Å². The van der Waals surface area contributed by atoms with Gasteiger partial charge in [0.25, 0.3) is 0 Å². The number of nitrogens with zero attached hydrogens (tertiary/aromatic N) is 4. The predicted octanol–water partition coefficient (Wildman–Crippen LogP) is 3.21. The average Bonchev–Trinajstić information content (AvgIpc) is 3.10. The molecule has 3 rings (SSSR count). The number of hydrogen-bond acceptors (Lipinski definition) is 5. The fourth-order valence-corrected chi connectivity index (χ4v) is 3.27. The largest absolute Gasteiger partial charge is 0.573 e. The summed E-state index contributed by atoms with van der Waals surface area (Å²) >= 11 is 0. The first-order chi connectivity index (χ1) is 11.6. The van der Waals surface area contributed by atoms with Gasteiger partial charge in [0.2, 0.25) is 5.82 Å². The van der Waals surface area contributed by atoms with Crippen molar-refractivity contribution in [1.29, 1.82) is 0 Å². The fraction of sp³-hybridized carbons (Fsp3) is 0.188. The highest BCUT2D eigenvalue weighted by Gasteiger charge is 2.06. The smallest absolute Gasteiger partial charge is 0.204 e. The van der Waals surface area contributed by atoms with Gasteiger partial charge in [0.1, 0.15) is 10.0 Å². The summed E-state index contributed by atoms with van der Waals surface area (Å²) in [5.41, 5.74) is 2.06. The molecule has 0 aliphatic carbocycles. The topological polar surface area (TPSA) is 103 Å². The number of H-pyrrole nitrogens is 1. The molecular weight excluding hydrogens is 326 g/mol. The molecule has 0 aliphatic rings. The van der Waals surface area contributed by atoms with E-state index in [1.54, 1.807) is 36.4 Å². The van der Waals surface area contributed by atoms with E-state index in [9.17, 15) is 8.42 Å². The quantitative estimate of drug-likeness (QED) is 0.741. The van der Waals surface area contributed by atoms with Crippen LogP contribution in [-0.2, 0) is 16.4 Å². The Labute approximate surface area is 140 Å². The van der Waals surface area contributed by atoms with Crippen molar-refractivity contribution in [2.75, 3.05) is 0 Å². The highest BCUT2D eigenvalue weighted by Crippen LogP contribution is 2.30. The Balaban J connectivity index is 1.83. The van der Waals surface area contributed by atoms with Crippen LogP contribution in [0.4, 0.5) is 5.69 Å². The maximum absolute atomic E-state index is 12.5. The SMILES string of the molecule is CCCc1ccc(S(=O)(=O)[N-]c2cccc(-c3nn[nH]n3)c2)cc1. The molecule has 0 atom stereocenters. The third-order valence-electron chi connectivity index (χ3n) is 3.44. The molecule has 2 aromatic carbocycles. The number of aromatic nitrogens is 4. The molecule has 0 fully saturated rings. The Morgan fingerprint density at radius 2 is 1.92 bits per heavy atom. The van der Waals surface area contributed by atoms with Gasteiger partial charge < -0.3 is 4.72 Å². The summed E-state index contributed by atoms with van der Waals surface area (Å²) in [6.45, 7) is 2.08. The van der Waals surface area contributed by atoms with E-state index in [1.165, 1.54) is 0 Å². The van der Waals surface area contributed by atoms with Crippen LogP contribution in [0.2, 0.25) is 0 Å². The van der Waals surface area contributed by atoms with Gasteiger partial charge in [0, 0.05) is 5.56 Å². The van der Waals surface area contributed by atoms with Gasteiger partial charge in [0.15, 0.2) is 0 Å². The Morgan fingerprint density at radius 3 is 2.58 bits per heavy atom. The van der Waals surface area contributed by atoms with Gasteiger partial charge in [-0.15, -0.1) is 15.9 Å². The lowest BCUT2D eigenvalue weighted by molar-refractivity contribution is 0.603. The average molecular weight is 342 g/mol. The normalized spacial score (nSPS) is 11.4. The van der Waals surface area contributed by atoms with Crippen molar-refractivity contribution in [2.24, 2.45) is 0 Å². The Bertz CT molecular complexity index is 906. The fourth-order valence-electron chi connectivity index (χ4n) is 2.29. The molecule has 0 unspecified atom stereocenters. The van der Waals surface area contributed by atoms with E-state index >= 15 is 0 Å². The number of aryl methyl sites for hydroxylation is 1. The summed E-state index contributed by atoms with van der Waals surface area (Å²) in [5, 5.41) is 13.6. The minimum absolute atomic E-state index is 0.173. The third kappa shape index (κ3) is 3.60. The number of hydrogen-bond donors (Lipinski definition) is 1. The van der Waals surface area contributed by atoms with E-state index in [1.807, 2.05) is 12.1 Å². The van der Waals surface area contributed by atoms with Gasteiger partial charge in [0.05, 0.1) is 4.90 Å². The highest BCUT2D eigenvalue weighted by molar-refractivity contribution is 7.94. The summed E-state index contributed by atoms with van der Waals surface area (Å²) in [4.78, 5) is 0.173. The van der Waals surface area contributed by atoms with Gasteiger partial charge in [-0.05, 0) is 29.3 Å². The van der Waals surface area contributed by atoms with Gasteiger partial charge in [-0.25, -0.2) is 8.42 Å². The maximum atomic E-state index is 12.5. The second kappa shape index (κ2) is 6.79. The molecule has 124 valence electrons. The van der Waals surface area contributed by atoms with Gasteiger partial charge in [-0.1, -0.05) is 49.7 Å². The summed E-state index contributed by atoms with van der Waals surface area (Å²) in [7, 11) is -3.77. The molecule has 0 saturated heterocycles. The molecule has 0 aliphatic heterocycles. The lowest BCUT2D eigenvalue weighted by Gasteiger charge is -2.22. The van der Waals surface area contributed by atoms with Gasteiger partial charge in [-0.2, -0.15) is 5.21 Å². The minimum atomic E-state index is -3.77. The molecule has 0 amide bonds. The van der Waals surface area contributed by atoms with E-state index in [4.69, 9.17) is 0 Å². The van der Waals surface area contributed by atoms with Crippen LogP contribution in [-0.4, -0.2) is 29.0 Å². The Morgan fingerprint density at radius 1 is 1.12 bits per heavy atom. The van der Waals surface area contributed by atoms with Crippen LogP contribution in [0.3, 0.4) is 0 Å². The van der Waals surface area contributed by atoms with E-state index < -0.39 is 10.0 Å². The van der Waals surface area contributed by atoms with Gasteiger partial charge in [-0.3, -0.25) is 0 Å². The van der Waals surface area contributed by atoms with E-state index in [0.717, 1.165) is 18.4 Å². The molecule has 1 aromatic heterocycles. The van der Waals surface area contributed by atoms with Crippen LogP contribution >= 0.6 is 0 Å². The number of benzene rings is 2. The minimum Gasteiger partial charge on any atom is -0.573 e. The molecule has 1 heterocycles. The molecule has 0 bridgehead atoms. The first kappa shape index (κ1) is 16.1. The lowest BCUT2D eigenvalue weighted by Crippen LogP contribution is -1.98. The summed E-state index contributed by atoms with van der Waals surface area (Å²) in [6.07, 6.45) is 1.93. The zero-order valence-electron chi connectivity index (χ0n) is 13.0. The molecular formula is C16H16N5O2S-. The van der Waals surface area contributed by atoms with Crippen molar-refractivity contribution >= 4 is 15.7 Å². The summed E-state index contributed by atoms with van der Waals surface area (Å²) in [5.74, 6) is 0.383. The number of nitrogens with one attached hydrogen (secondary N) is 1. The Kier molecular flexibility index (Phi) is 4.57. The van der Waals surface area contributed by atoms with E-state index in [-0.39, 0.29) is 4.90 Å². The first-order valence-electron chi connectivity index (χ1n) is 7.49. The predicted molar refractivity (Wildman–Crippen MR) is 90.3 cm³/mol. The molecule has 1 N–H and O–H groups in total. The van der Waals surface area contributed by atoms with Crippen molar-refractivity contribution in [2.45, 2.75) is 24.7 Å². The molecule has 0 spiro atoms. The standard InChI is InChI=1S/C16H16N5O2S/c1-2-4-12-7-9-15(10-8-12)24(22,23)19-14-6-3-5-13(11-14)16-17-20-21-18-16/h3,5-11H,2,4H2,1H3,(H,17,18,20,21)/q-1. The zero-order valence-corrected chi connectivity index (χ0v) is 13.9. The van der Waals surface area contributed by atoms with E-state index in [0.29, 0.717) is 17.1 Å².